The number of nitrogens with one attached hydrogen (secondary N) is 1. The SMILES string of the molecule is CC1C(O)CCC1n1c(=O)ccc2cnc(NC3CCN(S(C)(=O)=O)CC3)nc21. The van der Waals surface area contributed by atoms with Crippen molar-refractivity contribution in [2.75, 3.05) is 24.7 Å². The second kappa shape index (κ2) is 7.66. The zero-order valence-electron chi connectivity index (χ0n) is 16.7. The quantitative estimate of drug-likeness (QED) is 0.755. The molecule has 4 rings (SSSR count). The van der Waals surface area contributed by atoms with E-state index in [-0.39, 0.29) is 23.6 Å². The van der Waals surface area contributed by atoms with Gasteiger partial charge in [0, 0.05) is 48.7 Å². The Hall–Kier alpha value is -2.04. The molecule has 0 bridgehead atoms. The standard InChI is InChI=1S/C19H27N5O4S/c1-12-15(4-5-16(12)25)24-17(26)6-3-13-11-20-19(22-18(13)24)21-14-7-9-23(10-8-14)29(2,27)28/h3,6,11-12,14-16,25H,4-5,7-10H2,1-2H3,(H,20,21,22). The molecule has 3 atom stereocenters. The predicted molar refractivity (Wildman–Crippen MR) is 110 cm³/mol. The van der Waals surface area contributed by atoms with Crippen molar-refractivity contribution in [1.82, 2.24) is 18.8 Å². The van der Waals surface area contributed by atoms with Crippen LogP contribution in [-0.2, 0) is 10.0 Å². The molecule has 10 heteroatoms. The summed E-state index contributed by atoms with van der Waals surface area (Å²) in [6, 6.07) is 3.22. The zero-order valence-corrected chi connectivity index (χ0v) is 17.5. The van der Waals surface area contributed by atoms with Crippen LogP contribution in [-0.4, -0.2) is 63.9 Å². The first-order valence-corrected chi connectivity index (χ1v) is 11.9. The summed E-state index contributed by atoms with van der Waals surface area (Å²) >= 11 is 0. The van der Waals surface area contributed by atoms with E-state index in [4.69, 9.17) is 0 Å². The minimum atomic E-state index is -3.16. The topological polar surface area (TPSA) is 117 Å². The Bertz CT molecular complexity index is 1060. The Kier molecular flexibility index (Phi) is 5.34. The van der Waals surface area contributed by atoms with Crippen molar-refractivity contribution in [2.24, 2.45) is 5.92 Å². The highest BCUT2D eigenvalue weighted by molar-refractivity contribution is 7.88. The van der Waals surface area contributed by atoms with Gasteiger partial charge in [-0.1, -0.05) is 6.92 Å². The Morgan fingerprint density at radius 1 is 1.17 bits per heavy atom. The first kappa shape index (κ1) is 20.2. The average molecular weight is 422 g/mol. The van der Waals surface area contributed by atoms with Gasteiger partial charge in [0.05, 0.1) is 12.4 Å². The molecule has 2 aromatic heterocycles. The van der Waals surface area contributed by atoms with Gasteiger partial charge in [0.15, 0.2) is 0 Å². The Labute approximate surface area is 169 Å². The molecule has 3 unspecified atom stereocenters. The van der Waals surface area contributed by atoms with Gasteiger partial charge in [-0.25, -0.2) is 17.7 Å². The van der Waals surface area contributed by atoms with Crippen molar-refractivity contribution < 1.29 is 13.5 Å². The number of pyridine rings is 1. The summed E-state index contributed by atoms with van der Waals surface area (Å²) in [6.07, 6.45) is 5.25. The number of aromatic nitrogens is 3. The maximum atomic E-state index is 12.6. The number of aliphatic hydroxyl groups excluding tert-OH is 1. The minimum absolute atomic E-state index is 0.0232. The number of piperidine rings is 1. The average Bonchev–Trinajstić information content (AvgIpc) is 3.00. The molecule has 9 nitrogen and oxygen atoms in total. The van der Waals surface area contributed by atoms with Crippen molar-refractivity contribution in [1.29, 1.82) is 0 Å². The largest absolute Gasteiger partial charge is 0.393 e. The van der Waals surface area contributed by atoms with E-state index in [0.717, 1.165) is 11.8 Å². The highest BCUT2D eigenvalue weighted by Gasteiger charge is 2.34. The molecule has 0 radical (unpaired) electrons. The molecule has 0 amide bonds. The summed E-state index contributed by atoms with van der Waals surface area (Å²) in [5.74, 6) is 0.408. The lowest BCUT2D eigenvalue weighted by Crippen LogP contribution is -2.42. The molecule has 0 spiro atoms. The van der Waals surface area contributed by atoms with E-state index >= 15 is 0 Å². The molecule has 2 N–H and O–H groups in total. The predicted octanol–water partition coefficient (Wildman–Crippen LogP) is 0.959. The third-order valence-corrected chi connectivity index (χ3v) is 7.53. The van der Waals surface area contributed by atoms with Crippen LogP contribution in [0.5, 0.6) is 0 Å². The van der Waals surface area contributed by atoms with Crippen LogP contribution in [0, 0.1) is 5.92 Å². The van der Waals surface area contributed by atoms with Gasteiger partial charge in [-0.15, -0.1) is 0 Å². The van der Waals surface area contributed by atoms with Gasteiger partial charge in [0.1, 0.15) is 5.65 Å². The van der Waals surface area contributed by atoms with E-state index in [2.05, 4.69) is 15.3 Å². The number of nitrogens with zero attached hydrogens (tertiary/aromatic N) is 4. The molecule has 1 aliphatic carbocycles. The summed E-state index contributed by atoms with van der Waals surface area (Å²) in [5.41, 5.74) is 0.434. The van der Waals surface area contributed by atoms with Gasteiger partial charge >= 0.3 is 0 Å². The van der Waals surface area contributed by atoms with Gasteiger partial charge < -0.3 is 10.4 Å². The second-order valence-electron chi connectivity index (χ2n) is 8.17. The monoisotopic (exact) mass is 421 g/mol. The van der Waals surface area contributed by atoms with Gasteiger partial charge in [-0.05, 0) is 31.7 Å². The maximum absolute atomic E-state index is 12.6. The van der Waals surface area contributed by atoms with Crippen molar-refractivity contribution in [3.63, 3.8) is 0 Å². The summed E-state index contributed by atoms with van der Waals surface area (Å²) < 4.78 is 26.5. The molecule has 2 fully saturated rings. The van der Waals surface area contributed by atoms with Crippen LogP contribution in [0.4, 0.5) is 5.95 Å². The van der Waals surface area contributed by atoms with Gasteiger partial charge in [-0.2, -0.15) is 4.98 Å². The molecule has 2 aliphatic rings. The van der Waals surface area contributed by atoms with Gasteiger partial charge in [-0.3, -0.25) is 9.36 Å². The second-order valence-corrected chi connectivity index (χ2v) is 10.1. The summed E-state index contributed by atoms with van der Waals surface area (Å²) in [7, 11) is -3.16. The van der Waals surface area contributed by atoms with E-state index in [1.165, 1.54) is 16.6 Å². The molecule has 1 saturated heterocycles. The van der Waals surface area contributed by atoms with E-state index in [9.17, 15) is 18.3 Å². The van der Waals surface area contributed by atoms with E-state index < -0.39 is 16.1 Å². The van der Waals surface area contributed by atoms with Crippen molar-refractivity contribution in [2.45, 2.75) is 50.8 Å². The number of hydrogen-bond donors (Lipinski definition) is 2. The zero-order chi connectivity index (χ0) is 20.8. The normalized spacial score (nSPS) is 26.8. The molecule has 1 aliphatic heterocycles. The van der Waals surface area contributed by atoms with Crippen LogP contribution in [0.15, 0.2) is 23.1 Å². The number of rotatable bonds is 4. The Morgan fingerprint density at radius 2 is 1.90 bits per heavy atom. The van der Waals surface area contributed by atoms with Crippen molar-refractivity contribution in [3.8, 4) is 0 Å². The third-order valence-electron chi connectivity index (χ3n) is 6.23. The maximum Gasteiger partial charge on any atom is 0.252 e. The molecule has 0 aromatic carbocycles. The van der Waals surface area contributed by atoms with Crippen LogP contribution in [0.2, 0.25) is 0 Å². The van der Waals surface area contributed by atoms with Crippen LogP contribution >= 0.6 is 0 Å². The highest BCUT2D eigenvalue weighted by atomic mass is 32.2. The molecule has 158 valence electrons. The minimum Gasteiger partial charge on any atom is -0.393 e. The smallest absolute Gasteiger partial charge is 0.252 e. The number of aliphatic hydroxyl groups is 1. The molecular weight excluding hydrogens is 394 g/mol. The number of anilines is 1. The highest BCUT2D eigenvalue weighted by Crippen LogP contribution is 2.36. The lowest BCUT2D eigenvalue weighted by Gasteiger charge is -2.30. The Balaban J connectivity index is 1.59. The molecule has 1 saturated carbocycles. The van der Waals surface area contributed by atoms with Crippen LogP contribution in [0.1, 0.15) is 38.6 Å². The number of sulfonamides is 1. The summed E-state index contributed by atoms with van der Waals surface area (Å²) in [6.45, 7) is 2.89. The first-order chi connectivity index (χ1) is 13.7. The van der Waals surface area contributed by atoms with Crippen molar-refractivity contribution >= 4 is 27.0 Å². The third kappa shape index (κ3) is 4.01. The Morgan fingerprint density at radius 3 is 2.52 bits per heavy atom. The van der Waals surface area contributed by atoms with Crippen LogP contribution in [0.25, 0.3) is 11.0 Å². The van der Waals surface area contributed by atoms with Crippen molar-refractivity contribution in [3.05, 3.63) is 28.7 Å². The van der Waals surface area contributed by atoms with Crippen LogP contribution < -0.4 is 10.9 Å². The van der Waals surface area contributed by atoms with E-state index in [1.807, 2.05) is 6.92 Å². The molecule has 29 heavy (non-hydrogen) atoms. The fourth-order valence-corrected chi connectivity index (χ4v) is 5.30. The fraction of sp³-hybridized carbons (Fsp3) is 0.632. The van der Waals surface area contributed by atoms with E-state index in [0.29, 0.717) is 43.9 Å². The van der Waals surface area contributed by atoms with Crippen LogP contribution in [0.3, 0.4) is 0 Å². The first-order valence-electron chi connectivity index (χ1n) is 10.0. The lowest BCUT2D eigenvalue weighted by atomic mass is 10.0. The summed E-state index contributed by atoms with van der Waals surface area (Å²) in [4.78, 5) is 21.7. The molecule has 2 aromatic rings. The van der Waals surface area contributed by atoms with Gasteiger partial charge in [0.25, 0.3) is 5.56 Å². The molecule has 3 heterocycles. The number of hydrogen-bond acceptors (Lipinski definition) is 7. The number of fused-ring (bicyclic) bond motifs is 1. The summed E-state index contributed by atoms with van der Waals surface area (Å²) in [5, 5.41) is 14.2. The fourth-order valence-electron chi connectivity index (χ4n) is 4.43. The van der Waals surface area contributed by atoms with E-state index in [1.54, 1.807) is 16.8 Å². The lowest BCUT2D eigenvalue weighted by molar-refractivity contribution is 0.129. The molecular formula is C19H27N5O4S. The van der Waals surface area contributed by atoms with Gasteiger partial charge in [0.2, 0.25) is 16.0 Å².